The summed E-state index contributed by atoms with van der Waals surface area (Å²) in [7, 11) is 0. The zero-order chi connectivity index (χ0) is 10.1. The zero-order valence-electron chi connectivity index (χ0n) is 7.20. The minimum Gasteiger partial charge on any atom is -0.292 e. The molecule has 0 aliphatic carbocycles. The second kappa shape index (κ2) is 2.96. The van der Waals surface area contributed by atoms with E-state index in [1.54, 1.807) is 18.2 Å². The molecule has 4 heteroatoms. The van der Waals surface area contributed by atoms with Gasteiger partial charge in [-0.05, 0) is 23.8 Å². The van der Waals surface area contributed by atoms with Crippen molar-refractivity contribution in [3.8, 4) is 6.07 Å². The Morgan fingerprint density at radius 1 is 1.36 bits per heavy atom. The number of nitrogens with one attached hydrogen (secondary N) is 1. The summed E-state index contributed by atoms with van der Waals surface area (Å²) in [5.74, 6) is -0.710. The molecule has 1 aliphatic rings. The molecule has 1 aromatic carbocycles. The van der Waals surface area contributed by atoms with Crippen molar-refractivity contribution in [1.29, 1.82) is 5.26 Å². The first-order chi connectivity index (χ1) is 6.70. The average molecular weight is 186 g/mol. The first-order valence-corrected chi connectivity index (χ1v) is 4.08. The normalized spacial score (nSPS) is 14.2. The van der Waals surface area contributed by atoms with Gasteiger partial charge in [0.25, 0.3) is 5.91 Å². The molecular formula is C10H6N2O2. The van der Waals surface area contributed by atoms with E-state index in [2.05, 4.69) is 5.32 Å². The molecule has 0 unspecified atom stereocenters. The van der Waals surface area contributed by atoms with Crippen molar-refractivity contribution in [3.63, 3.8) is 0 Å². The van der Waals surface area contributed by atoms with E-state index in [1.807, 2.05) is 6.07 Å². The van der Waals surface area contributed by atoms with E-state index in [-0.39, 0.29) is 18.2 Å². The lowest BCUT2D eigenvalue weighted by molar-refractivity contribution is -0.119. The number of benzene rings is 1. The lowest BCUT2D eigenvalue weighted by Crippen LogP contribution is -2.37. The van der Waals surface area contributed by atoms with Crippen molar-refractivity contribution in [2.24, 2.45) is 0 Å². The van der Waals surface area contributed by atoms with Gasteiger partial charge in [-0.1, -0.05) is 0 Å². The molecule has 0 aromatic heterocycles. The largest absolute Gasteiger partial charge is 0.292 e. The molecular weight excluding hydrogens is 180 g/mol. The van der Waals surface area contributed by atoms with Gasteiger partial charge in [-0.25, -0.2) is 0 Å². The van der Waals surface area contributed by atoms with Crippen LogP contribution in [0.5, 0.6) is 0 Å². The van der Waals surface area contributed by atoms with Crippen molar-refractivity contribution in [2.45, 2.75) is 6.42 Å². The summed E-state index contributed by atoms with van der Waals surface area (Å²) in [4.78, 5) is 22.3. The maximum Gasteiger partial charge on any atom is 0.258 e. The topological polar surface area (TPSA) is 70.0 Å². The summed E-state index contributed by atoms with van der Waals surface area (Å²) in [6, 6.07) is 6.67. The number of hydrogen-bond acceptors (Lipinski definition) is 3. The number of nitrogens with zero attached hydrogens (tertiary/aromatic N) is 1. The van der Waals surface area contributed by atoms with Gasteiger partial charge in [0.1, 0.15) is 0 Å². The smallest absolute Gasteiger partial charge is 0.258 e. The number of hydrogen-bond donors (Lipinski definition) is 1. The van der Waals surface area contributed by atoms with Gasteiger partial charge in [-0.15, -0.1) is 0 Å². The van der Waals surface area contributed by atoms with Gasteiger partial charge in [-0.2, -0.15) is 5.26 Å². The lowest BCUT2D eigenvalue weighted by Gasteiger charge is -2.14. The Morgan fingerprint density at radius 2 is 2.14 bits per heavy atom. The van der Waals surface area contributed by atoms with Crippen LogP contribution in [0.4, 0.5) is 0 Å². The van der Waals surface area contributed by atoms with Crippen molar-refractivity contribution < 1.29 is 9.59 Å². The Bertz CT molecular complexity index is 472. The Labute approximate surface area is 80.2 Å². The molecule has 1 aromatic rings. The van der Waals surface area contributed by atoms with E-state index in [1.165, 1.54) is 0 Å². The predicted molar refractivity (Wildman–Crippen MR) is 47.3 cm³/mol. The monoisotopic (exact) mass is 186 g/mol. The van der Waals surface area contributed by atoms with Crippen LogP contribution in [-0.4, -0.2) is 11.8 Å². The van der Waals surface area contributed by atoms with Gasteiger partial charge in [0.2, 0.25) is 5.91 Å². The molecule has 4 nitrogen and oxygen atoms in total. The number of carbonyl (C=O) groups is 2. The Hall–Kier alpha value is -2.15. The highest BCUT2D eigenvalue weighted by molar-refractivity contribution is 6.09. The second-order valence-corrected chi connectivity index (χ2v) is 3.04. The van der Waals surface area contributed by atoms with E-state index in [0.29, 0.717) is 16.7 Å². The highest BCUT2D eigenvalue weighted by Gasteiger charge is 2.21. The van der Waals surface area contributed by atoms with Gasteiger partial charge in [0.15, 0.2) is 0 Å². The van der Waals surface area contributed by atoms with Crippen LogP contribution < -0.4 is 5.32 Å². The molecule has 0 bridgehead atoms. The molecule has 0 radical (unpaired) electrons. The Balaban J connectivity index is 2.55. The summed E-state index contributed by atoms with van der Waals surface area (Å²) in [6.07, 6.45) is 0.163. The van der Waals surface area contributed by atoms with Crippen LogP contribution in [-0.2, 0) is 11.2 Å². The van der Waals surface area contributed by atoms with Crippen LogP contribution >= 0.6 is 0 Å². The molecule has 2 amide bonds. The van der Waals surface area contributed by atoms with Gasteiger partial charge < -0.3 is 0 Å². The van der Waals surface area contributed by atoms with Crippen LogP contribution in [0.15, 0.2) is 18.2 Å². The maximum atomic E-state index is 11.3. The van der Waals surface area contributed by atoms with Crippen LogP contribution in [0, 0.1) is 11.3 Å². The minimum absolute atomic E-state index is 0.163. The molecule has 1 N–H and O–H groups in total. The molecule has 1 heterocycles. The lowest BCUT2D eigenvalue weighted by atomic mass is 9.98. The summed E-state index contributed by atoms with van der Waals surface area (Å²) < 4.78 is 0. The fraction of sp³-hybridized carbons (Fsp3) is 0.100. The fourth-order valence-electron chi connectivity index (χ4n) is 1.44. The zero-order valence-corrected chi connectivity index (χ0v) is 7.20. The molecule has 0 atom stereocenters. The molecule has 1 aliphatic heterocycles. The third kappa shape index (κ3) is 1.25. The van der Waals surface area contributed by atoms with Gasteiger partial charge in [0.05, 0.1) is 18.1 Å². The van der Waals surface area contributed by atoms with Crippen molar-refractivity contribution in [1.82, 2.24) is 5.32 Å². The maximum absolute atomic E-state index is 11.3. The van der Waals surface area contributed by atoms with Crippen LogP contribution in [0.2, 0.25) is 0 Å². The molecule has 2 rings (SSSR count). The molecule has 0 spiro atoms. The van der Waals surface area contributed by atoms with E-state index in [0.717, 1.165) is 0 Å². The fourth-order valence-corrected chi connectivity index (χ4v) is 1.44. The third-order valence-electron chi connectivity index (χ3n) is 2.08. The van der Waals surface area contributed by atoms with E-state index >= 15 is 0 Å². The Morgan fingerprint density at radius 3 is 2.86 bits per heavy atom. The molecule has 0 saturated heterocycles. The van der Waals surface area contributed by atoms with E-state index in [4.69, 9.17) is 5.26 Å². The van der Waals surface area contributed by atoms with Crippen molar-refractivity contribution in [2.75, 3.05) is 0 Å². The first kappa shape index (κ1) is 8.45. The SMILES string of the molecule is N#Cc1ccc2c(c1)CC(=O)NC2=O. The minimum atomic E-state index is -0.388. The number of rotatable bonds is 0. The average Bonchev–Trinajstić information content (AvgIpc) is 2.16. The highest BCUT2D eigenvalue weighted by Crippen LogP contribution is 2.15. The summed E-state index contributed by atoms with van der Waals surface area (Å²) in [6.45, 7) is 0. The summed E-state index contributed by atoms with van der Waals surface area (Å²) >= 11 is 0. The second-order valence-electron chi connectivity index (χ2n) is 3.04. The van der Waals surface area contributed by atoms with Crippen LogP contribution in [0.3, 0.4) is 0 Å². The van der Waals surface area contributed by atoms with E-state index < -0.39 is 0 Å². The number of imide groups is 1. The predicted octanol–water partition coefficient (Wildman–Crippen LogP) is 0.371. The molecule has 14 heavy (non-hydrogen) atoms. The van der Waals surface area contributed by atoms with Crippen molar-refractivity contribution >= 4 is 11.8 Å². The first-order valence-electron chi connectivity index (χ1n) is 4.08. The quantitative estimate of drug-likeness (QED) is 0.595. The summed E-state index contributed by atoms with van der Waals surface area (Å²) in [5.41, 5.74) is 1.56. The third-order valence-corrected chi connectivity index (χ3v) is 2.08. The number of nitriles is 1. The molecule has 0 saturated carbocycles. The Kier molecular flexibility index (Phi) is 1.79. The van der Waals surface area contributed by atoms with Gasteiger partial charge in [0, 0.05) is 5.56 Å². The standard InChI is InChI=1S/C10H6N2O2/c11-5-6-1-2-8-7(3-6)4-9(13)12-10(8)14/h1-3H,4H2,(H,12,13,14). The number of carbonyl (C=O) groups excluding carboxylic acids is 2. The van der Waals surface area contributed by atoms with E-state index in [9.17, 15) is 9.59 Å². The van der Waals surface area contributed by atoms with Crippen molar-refractivity contribution in [3.05, 3.63) is 34.9 Å². The van der Waals surface area contributed by atoms with Gasteiger partial charge in [-0.3, -0.25) is 14.9 Å². The highest BCUT2D eigenvalue weighted by atomic mass is 16.2. The molecule has 68 valence electrons. The molecule has 0 fully saturated rings. The van der Waals surface area contributed by atoms with Crippen LogP contribution in [0.25, 0.3) is 0 Å². The summed E-state index contributed by atoms with van der Waals surface area (Å²) in [5, 5.41) is 10.8. The number of amides is 2. The van der Waals surface area contributed by atoms with Gasteiger partial charge >= 0.3 is 0 Å². The number of fused-ring (bicyclic) bond motifs is 1. The van der Waals surface area contributed by atoms with Crippen LogP contribution in [0.1, 0.15) is 21.5 Å².